The Balaban J connectivity index is 2.10. The van der Waals surface area contributed by atoms with Crippen LogP contribution < -0.4 is 9.47 Å². The molecule has 0 aromatic heterocycles. The van der Waals surface area contributed by atoms with Crippen molar-refractivity contribution < 1.29 is 33.3 Å². The van der Waals surface area contributed by atoms with E-state index in [-0.39, 0.29) is 22.6 Å². The second-order valence-electron chi connectivity index (χ2n) is 8.45. The molecule has 0 aliphatic heterocycles. The molecule has 7 heteroatoms. The maximum atomic E-state index is 12.4. The zero-order chi connectivity index (χ0) is 22.5. The molecule has 2 aromatic rings. The van der Waals surface area contributed by atoms with Gasteiger partial charge in [-0.15, -0.1) is 0 Å². The zero-order valence-corrected chi connectivity index (χ0v) is 18.0. The first-order valence-electron chi connectivity index (χ1n) is 9.40. The van der Waals surface area contributed by atoms with Gasteiger partial charge in [0.15, 0.2) is 0 Å². The summed E-state index contributed by atoms with van der Waals surface area (Å²) in [5, 5.41) is 0. The van der Waals surface area contributed by atoms with Crippen LogP contribution in [0.5, 0.6) is 11.5 Å². The molecule has 160 valence electrons. The minimum absolute atomic E-state index is 0.0355. The summed E-state index contributed by atoms with van der Waals surface area (Å²) in [6.07, 6.45) is -1.44. The van der Waals surface area contributed by atoms with Crippen molar-refractivity contribution in [2.75, 3.05) is 0 Å². The highest BCUT2D eigenvalue weighted by molar-refractivity contribution is 6.02. The Kier molecular flexibility index (Phi) is 6.87. The summed E-state index contributed by atoms with van der Waals surface area (Å²) >= 11 is 0. The molecule has 30 heavy (non-hydrogen) atoms. The zero-order valence-electron chi connectivity index (χ0n) is 18.0. The maximum Gasteiger partial charge on any atom is 0.524 e. The number of carbonyl (C=O) groups excluding carboxylic acids is 3. The van der Waals surface area contributed by atoms with Crippen LogP contribution in [0.2, 0.25) is 0 Å². The van der Waals surface area contributed by atoms with Crippen LogP contribution in [0.15, 0.2) is 48.5 Å². The molecule has 0 radical (unpaired) electrons. The van der Waals surface area contributed by atoms with Crippen LogP contribution in [0.1, 0.15) is 62.3 Å². The first kappa shape index (κ1) is 22.9. The number of benzene rings is 2. The third kappa shape index (κ3) is 6.92. The Labute approximate surface area is 175 Å². The van der Waals surface area contributed by atoms with E-state index in [4.69, 9.17) is 9.47 Å². The number of para-hydroxylation sites is 2. The van der Waals surface area contributed by atoms with E-state index in [2.05, 4.69) is 9.47 Å². The van der Waals surface area contributed by atoms with Gasteiger partial charge in [0.05, 0.1) is 0 Å². The number of rotatable bonds is 4. The molecule has 0 N–H and O–H groups in total. The molecule has 0 bridgehead atoms. The van der Waals surface area contributed by atoms with Crippen molar-refractivity contribution in [3.05, 3.63) is 59.7 Å². The average molecular weight is 414 g/mol. The molecule has 0 saturated carbocycles. The fourth-order valence-electron chi connectivity index (χ4n) is 2.39. The van der Waals surface area contributed by atoms with Crippen molar-refractivity contribution in [3.8, 4) is 11.5 Å². The summed E-state index contributed by atoms with van der Waals surface area (Å²) in [7, 11) is 0. The lowest BCUT2D eigenvalue weighted by Gasteiger charge is -2.22. The van der Waals surface area contributed by atoms with Crippen molar-refractivity contribution in [2.24, 2.45) is 0 Å². The van der Waals surface area contributed by atoms with Gasteiger partial charge in [0, 0.05) is 0 Å². The lowest BCUT2D eigenvalue weighted by molar-refractivity contribution is 0.0329. The van der Waals surface area contributed by atoms with Crippen molar-refractivity contribution >= 4 is 18.1 Å². The Bertz CT molecular complexity index is 858. The van der Waals surface area contributed by atoms with Crippen LogP contribution in [-0.4, -0.2) is 29.3 Å². The van der Waals surface area contributed by atoms with Crippen LogP contribution in [-0.2, 0) is 9.47 Å². The fraction of sp³-hybridized carbons (Fsp3) is 0.348. The number of ether oxygens (including phenoxy) is 4. The Morgan fingerprint density at radius 1 is 0.600 bits per heavy atom. The Hall–Kier alpha value is -3.35. The molecule has 0 heterocycles. The van der Waals surface area contributed by atoms with Gasteiger partial charge in [-0.2, -0.15) is 0 Å². The summed E-state index contributed by atoms with van der Waals surface area (Å²) < 4.78 is 20.8. The van der Waals surface area contributed by atoms with E-state index in [9.17, 15) is 14.4 Å². The van der Waals surface area contributed by atoms with E-state index in [0.717, 1.165) is 0 Å². The second kappa shape index (κ2) is 8.98. The van der Waals surface area contributed by atoms with E-state index in [1.54, 1.807) is 36.4 Å². The van der Waals surface area contributed by atoms with Gasteiger partial charge >= 0.3 is 18.1 Å². The molecule has 0 saturated heterocycles. The first-order chi connectivity index (χ1) is 13.9. The predicted molar refractivity (Wildman–Crippen MR) is 110 cm³/mol. The summed E-state index contributed by atoms with van der Waals surface area (Å²) in [5.74, 6) is -1.49. The maximum absolute atomic E-state index is 12.4. The molecule has 0 aliphatic rings. The van der Waals surface area contributed by atoms with E-state index >= 15 is 0 Å². The van der Waals surface area contributed by atoms with Gasteiger partial charge in [0.2, 0.25) is 0 Å². The van der Waals surface area contributed by atoms with Gasteiger partial charge < -0.3 is 18.9 Å². The predicted octanol–water partition coefficient (Wildman–Crippen LogP) is 5.18. The van der Waals surface area contributed by atoms with Crippen LogP contribution >= 0.6 is 0 Å². The van der Waals surface area contributed by atoms with Gasteiger partial charge in [0.1, 0.15) is 33.8 Å². The van der Waals surface area contributed by atoms with Crippen LogP contribution in [0, 0.1) is 0 Å². The third-order valence-corrected chi connectivity index (χ3v) is 3.40. The molecule has 0 fully saturated rings. The molecule has 0 aliphatic carbocycles. The molecule has 0 spiro atoms. The molecule has 2 aromatic carbocycles. The van der Waals surface area contributed by atoms with E-state index in [0.29, 0.717) is 0 Å². The van der Waals surface area contributed by atoms with Gasteiger partial charge in [-0.1, -0.05) is 24.3 Å². The Morgan fingerprint density at radius 3 is 1.27 bits per heavy atom. The van der Waals surface area contributed by atoms with E-state index in [1.807, 2.05) is 41.5 Å². The van der Waals surface area contributed by atoms with Gasteiger partial charge in [-0.3, -0.25) is 0 Å². The Morgan fingerprint density at radius 2 is 0.933 bits per heavy atom. The van der Waals surface area contributed by atoms with E-state index in [1.165, 1.54) is 12.1 Å². The molecular weight excluding hydrogens is 388 g/mol. The second-order valence-corrected chi connectivity index (χ2v) is 8.45. The quantitative estimate of drug-likeness (QED) is 0.503. The van der Waals surface area contributed by atoms with Crippen LogP contribution in [0.4, 0.5) is 4.79 Å². The first-order valence-corrected chi connectivity index (χ1v) is 9.40. The summed E-state index contributed by atoms with van der Waals surface area (Å²) in [6, 6.07) is 12.6. The van der Waals surface area contributed by atoms with Crippen molar-refractivity contribution in [3.63, 3.8) is 0 Å². The number of esters is 2. The average Bonchev–Trinajstić information content (AvgIpc) is 2.59. The van der Waals surface area contributed by atoms with Gasteiger partial charge in [-0.05, 0) is 65.8 Å². The normalized spacial score (nSPS) is 11.4. The summed E-state index contributed by atoms with van der Waals surface area (Å²) in [4.78, 5) is 36.8. The highest BCUT2D eigenvalue weighted by Gasteiger charge is 2.25. The van der Waals surface area contributed by atoms with Crippen LogP contribution in [0.25, 0.3) is 0 Å². The van der Waals surface area contributed by atoms with E-state index < -0.39 is 29.3 Å². The van der Waals surface area contributed by atoms with Gasteiger partial charge in [0.25, 0.3) is 0 Å². The topological polar surface area (TPSA) is 88.1 Å². The number of carbonyl (C=O) groups is 3. The smallest absolute Gasteiger partial charge is 0.487 e. The highest BCUT2D eigenvalue weighted by Crippen LogP contribution is 2.25. The minimum Gasteiger partial charge on any atom is -0.487 e. The molecule has 0 unspecified atom stereocenters. The van der Waals surface area contributed by atoms with Crippen molar-refractivity contribution in [1.82, 2.24) is 0 Å². The monoisotopic (exact) mass is 414 g/mol. The standard InChI is InChI=1S/C23H26O7/c1-22(2,3)29-17-13-9-7-11-15(17)19(24)27-21(26)28-20(25)16-12-8-10-14-18(16)30-23(4,5)6/h7-14H,1-6H3. The summed E-state index contributed by atoms with van der Waals surface area (Å²) in [5.41, 5.74) is -1.06. The highest BCUT2D eigenvalue weighted by atomic mass is 16.8. The fourth-order valence-corrected chi connectivity index (χ4v) is 2.39. The molecule has 0 atom stereocenters. The molecular formula is C23H26O7. The third-order valence-electron chi connectivity index (χ3n) is 3.40. The molecule has 7 nitrogen and oxygen atoms in total. The van der Waals surface area contributed by atoms with Crippen LogP contribution in [0.3, 0.4) is 0 Å². The lowest BCUT2D eigenvalue weighted by Crippen LogP contribution is -2.25. The number of hydrogen-bond donors (Lipinski definition) is 0. The molecule has 2 rings (SSSR count). The van der Waals surface area contributed by atoms with Crippen molar-refractivity contribution in [1.29, 1.82) is 0 Å². The SMILES string of the molecule is CC(C)(C)Oc1ccccc1C(=O)OC(=O)OC(=O)c1ccccc1OC(C)(C)C. The number of hydrogen-bond acceptors (Lipinski definition) is 7. The van der Waals surface area contributed by atoms with Crippen molar-refractivity contribution in [2.45, 2.75) is 52.7 Å². The summed E-state index contributed by atoms with van der Waals surface area (Å²) in [6.45, 7) is 10.9. The largest absolute Gasteiger partial charge is 0.524 e. The molecule has 0 amide bonds. The minimum atomic E-state index is -1.44. The van der Waals surface area contributed by atoms with Gasteiger partial charge in [-0.25, -0.2) is 14.4 Å². The lowest BCUT2D eigenvalue weighted by atomic mass is 10.1.